The molecule has 0 aliphatic carbocycles. The Hall–Kier alpha value is -2.54. The average Bonchev–Trinajstić information content (AvgIpc) is 3.10. The first kappa shape index (κ1) is 16.3. The van der Waals surface area contributed by atoms with E-state index in [0.717, 1.165) is 0 Å². The van der Waals surface area contributed by atoms with Gasteiger partial charge in [-0.05, 0) is 31.2 Å². The Kier molecular flexibility index (Phi) is 4.71. The molecule has 0 aliphatic rings. The van der Waals surface area contributed by atoms with Gasteiger partial charge in [0.1, 0.15) is 5.76 Å². The second kappa shape index (κ2) is 6.92. The number of rotatable bonds is 5. The van der Waals surface area contributed by atoms with Crippen molar-refractivity contribution in [1.29, 1.82) is 0 Å². The summed E-state index contributed by atoms with van der Waals surface area (Å²) >= 11 is 1.25. The van der Waals surface area contributed by atoms with Gasteiger partial charge in [0.15, 0.2) is 5.16 Å². The number of hydrogen-bond donors (Lipinski definition) is 1. The third-order valence-electron chi connectivity index (χ3n) is 3.61. The number of carbonyl (C=O) groups excluding carboxylic acids is 1. The summed E-state index contributed by atoms with van der Waals surface area (Å²) in [5.74, 6) is 0.551. The van der Waals surface area contributed by atoms with E-state index in [1.54, 1.807) is 44.5 Å². The van der Waals surface area contributed by atoms with Crippen molar-refractivity contribution in [2.45, 2.75) is 23.9 Å². The summed E-state index contributed by atoms with van der Waals surface area (Å²) in [5, 5.41) is 3.50. The van der Waals surface area contributed by atoms with Crippen molar-refractivity contribution in [2.24, 2.45) is 7.05 Å². The molecule has 0 fully saturated rings. The van der Waals surface area contributed by atoms with Gasteiger partial charge in [0.2, 0.25) is 5.91 Å². The molecule has 3 aromatic rings. The lowest BCUT2D eigenvalue weighted by molar-refractivity contribution is -0.120. The van der Waals surface area contributed by atoms with Crippen molar-refractivity contribution >= 4 is 28.6 Å². The zero-order chi connectivity index (χ0) is 17.1. The SMILES string of the molecule is C[C@H](Sc1nc2ccccc2c(=O)n1C)C(=O)NCc1ccco1. The number of thioether (sulfide) groups is 1. The molecule has 0 saturated heterocycles. The maximum atomic E-state index is 12.4. The van der Waals surface area contributed by atoms with Gasteiger partial charge in [-0.15, -0.1) is 0 Å². The highest BCUT2D eigenvalue weighted by molar-refractivity contribution is 8.00. The van der Waals surface area contributed by atoms with Crippen LogP contribution in [0.2, 0.25) is 0 Å². The Bertz CT molecular complexity index is 918. The van der Waals surface area contributed by atoms with Gasteiger partial charge >= 0.3 is 0 Å². The predicted octanol–water partition coefficient (Wildman–Crippen LogP) is 2.32. The fourth-order valence-electron chi connectivity index (χ4n) is 2.25. The third-order valence-corrected chi connectivity index (χ3v) is 4.75. The van der Waals surface area contributed by atoms with Gasteiger partial charge in [-0.25, -0.2) is 4.98 Å². The minimum absolute atomic E-state index is 0.119. The number of benzene rings is 1. The Morgan fingerprint density at radius 1 is 1.33 bits per heavy atom. The van der Waals surface area contributed by atoms with E-state index in [0.29, 0.717) is 28.4 Å². The Morgan fingerprint density at radius 3 is 2.88 bits per heavy atom. The fraction of sp³-hybridized carbons (Fsp3) is 0.235. The van der Waals surface area contributed by atoms with Crippen LogP contribution in [0.1, 0.15) is 12.7 Å². The normalized spacial score (nSPS) is 12.2. The summed E-state index contributed by atoms with van der Waals surface area (Å²) in [7, 11) is 1.66. The molecule has 0 spiro atoms. The molecule has 7 heteroatoms. The molecule has 0 radical (unpaired) electrons. The highest BCUT2D eigenvalue weighted by Gasteiger charge is 2.18. The topological polar surface area (TPSA) is 77.1 Å². The van der Waals surface area contributed by atoms with Crippen LogP contribution in [0.5, 0.6) is 0 Å². The Labute approximate surface area is 142 Å². The number of fused-ring (bicyclic) bond motifs is 1. The summed E-state index contributed by atoms with van der Waals surface area (Å²) < 4.78 is 6.66. The molecule has 0 saturated carbocycles. The van der Waals surface area contributed by atoms with Crippen LogP contribution >= 0.6 is 11.8 Å². The number of amides is 1. The number of aromatic nitrogens is 2. The lowest BCUT2D eigenvalue weighted by Crippen LogP contribution is -2.31. The van der Waals surface area contributed by atoms with E-state index in [1.807, 2.05) is 12.1 Å². The van der Waals surface area contributed by atoms with Crippen LogP contribution in [0, 0.1) is 0 Å². The fourth-order valence-corrected chi connectivity index (χ4v) is 3.14. The van der Waals surface area contributed by atoms with Gasteiger partial charge < -0.3 is 9.73 Å². The molecule has 1 amide bonds. The zero-order valence-electron chi connectivity index (χ0n) is 13.4. The second-order valence-corrected chi connectivity index (χ2v) is 6.64. The van der Waals surface area contributed by atoms with Crippen LogP contribution in [-0.2, 0) is 18.4 Å². The molecule has 1 aromatic carbocycles. The Morgan fingerprint density at radius 2 is 2.12 bits per heavy atom. The molecular formula is C17H17N3O3S. The molecule has 0 aliphatic heterocycles. The number of furan rings is 1. The summed E-state index contributed by atoms with van der Waals surface area (Å²) in [6.07, 6.45) is 1.56. The van der Waals surface area contributed by atoms with E-state index in [-0.39, 0.29) is 16.7 Å². The van der Waals surface area contributed by atoms with Crippen LogP contribution in [-0.4, -0.2) is 20.7 Å². The largest absolute Gasteiger partial charge is 0.467 e. The molecular weight excluding hydrogens is 326 g/mol. The molecule has 0 bridgehead atoms. The predicted molar refractivity (Wildman–Crippen MR) is 92.9 cm³/mol. The molecule has 1 atom stereocenters. The summed E-state index contributed by atoms with van der Waals surface area (Å²) in [6, 6.07) is 10.8. The van der Waals surface area contributed by atoms with Crippen LogP contribution in [0.15, 0.2) is 57.0 Å². The number of hydrogen-bond acceptors (Lipinski definition) is 5. The van der Waals surface area contributed by atoms with Gasteiger partial charge in [-0.2, -0.15) is 0 Å². The van der Waals surface area contributed by atoms with Gasteiger partial charge in [-0.3, -0.25) is 14.2 Å². The molecule has 1 N–H and O–H groups in total. The van der Waals surface area contributed by atoms with Crippen molar-refractivity contribution in [3.8, 4) is 0 Å². The van der Waals surface area contributed by atoms with Crippen molar-refractivity contribution < 1.29 is 9.21 Å². The lowest BCUT2D eigenvalue weighted by atomic mass is 10.2. The van der Waals surface area contributed by atoms with Crippen molar-refractivity contribution in [3.05, 3.63) is 58.8 Å². The van der Waals surface area contributed by atoms with Crippen LogP contribution in [0.4, 0.5) is 0 Å². The van der Waals surface area contributed by atoms with Crippen LogP contribution in [0.25, 0.3) is 10.9 Å². The van der Waals surface area contributed by atoms with E-state index >= 15 is 0 Å². The van der Waals surface area contributed by atoms with Crippen molar-refractivity contribution in [3.63, 3.8) is 0 Å². The second-order valence-electron chi connectivity index (χ2n) is 5.33. The summed E-state index contributed by atoms with van der Waals surface area (Å²) in [6.45, 7) is 2.12. The monoisotopic (exact) mass is 343 g/mol. The van der Waals surface area contributed by atoms with E-state index < -0.39 is 0 Å². The zero-order valence-corrected chi connectivity index (χ0v) is 14.2. The van der Waals surface area contributed by atoms with Gasteiger partial charge in [-0.1, -0.05) is 23.9 Å². The molecule has 6 nitrogen and oxygen atoms in total. The maximum Gasteiger partial charge on any atom is 0.261 e. The van der Waals surface area contributed by atoms with Gasteiger partial charge in [0.05, 0.1) is 29.0 Å². The van der Waals surface area contributed by atoms with E-state index in [9.17, 15) is 9.59 Å². The first-order valence-electron chi connectivity index (χ1n) is 7.49. The molecule has 2 heterocycles. The first-order valence-corrected chi connectivity index (χ1v) is 8.37. The van der Waals surface area contributed by atoms with Crippen molar-refractivity contribution in [2.75, 3.05) is 0 Å². The minimum atomic E-state index is -0.390. The highest BCUT2D eigenvalue weighted by Crippen LogP contribution is 2.21. The molecule has 24 heavy (non-hydrogen) atoms. The standard InChI is InChI=1S/C17H17N3O3S/c1-11(15(21)18-10-12-6-5-9-23-12)24-17-19-14-8-4-3-7-13(14)16(22)20(17)2/h3-9,11H,10H2,1-2H3,(H,18,21)/t11-/m0/s1. The molecule has 2 aromatic heterocycles. The van der Waals surface area contributed by atoms with E-state index in [2.05, 4.69) is 10.3 Å². The summed E-state index contributed by atoms with van der Waals surface area (Å²) in [5.41, 5.74) is 0.512. The third kappa shape index (κ3) is 3.35. The average molecular weight is 343 g/mol. The van der Waals surface area contributed by atoms with Crippen molar-refractivity contribution in [1.82, 2.24) is 14.9 Å². The molecule has 3 rings (SSSR count). The quantitative estimate of drug-likeness (QED) is 0.568. The highest BCUT2D eigenvalue weighted by atomic mass is 32.2. The maximum absolute atomic E-state index is 12.4. The van der Waals surface area contributed by atoms with E-state index in [4.69, 9.17) is 4.42 Å². The number of nitrogens with one attached hydrogen (secondary N) is 1. The number of nitrogens with zero attached hydrogens (tertiary/aromatic N) is 2. The smallest absolute Gasteiger partial charge is 0.261 e. The first-order chi connectivity index (χ1) is 11.6. The van der Waals surface area contributed by atoms with Gasteiger partial charge in [0.25, 0.3) is 5.56 Å². The molecule has 0 unspecified atom stereocenters. The van der Waals surface area contributed by atoms with E-state index in [1.165, 1.54) is 16.3 Å². The number of carbonyl (C=O) groups is 1. The minimum Gasteiger partial charge on any atom is -0.467 e. The number of para-hydroxylation sites is 1. The van der Waals surface area contributed by atoms with Crippen LogP contribution in [0.3, 0.4) is 0 Å². The Balaban J connectivity index is 1.75. The summed E-state index contributed by atoms with van der Waals surface area (Å²) in [4.78, 5) is 29.1. The molecule has 124 valence electrons. The van der Waals surface area contributed by atoms with Gasteiger partial charge in [0, 0.05) is 7.05 Å². The lowest BCUT2D eigenvalue weighted by Gasteiger charge is -2.13. The van der Waals surface area contributed by atoms with Crippen LogP contribution < -0.4 is 10.9 Å².